The van der Waals surface area contributed by atoms with Gasteiger partial charge in [-0.05, 0) is 35.8 Å². The number of amides is 1. The first-order valence-corrected chi connectivity index (χ1v) is 7.51. The van der Waals surface area contributed by atoms with Gasteiger partial charge in [0.15, 0.2) is 0 Å². The van der Waals surface area contributed by atoms with Crippen molar-refractivity contribution in [1.29, 1.82) is 0 Å². The molecule has 0 unspecified atom stereocenters. The smallest absolute Gasteiger partial charge is 0.267 e. The van der Waals surface area contributed by atoms with Crippen LogP contribution in [0.25, 0.3) is 10.1 Å². The Hall–Kier alpha value is -2.34. The van der Waals surface area contributed by atoms with Gasteiger partial charge in [-0.2, -0.15) is 4.37 Å². The highest BCUT2D eigenvalue weighted by atomic mass is 32.1. The minimum atomic E-state index is -0.0626. The molecule has 108 valence electrons. The lowest BCUT2D eigenvalue weighted by atomic mass is 10.2. The van der Waals surface area contributed by atoms with Crippen molar-refractivity contribution in [3.05, 3.63) is 48.3 Å². The van der Waals surface area contributed by atoms with Gasteiger partial charge in [-0.25, -0.2) is 0 Å². The number of hydrogen-bond acceptors (Lipinski definition) is 4. The van der Waals surface area contributed by atoms with Crippen LogP contribution in [0, 0.1) is 0 Å². The highest BCUT2D eigenvalue weighted by Crippen LogP contribution is 2.25. The summed E-state index contributed by atoms with van der Waals surface area (Å²) in [4.78, 5) is 11.9. The number of carbonyl (C=O) groups excluding carboxylic acids is 1. The van der Waals surface area contributed by atoms with Crippen molar-refractivity contribution in [2.45, 2.75) is 0 Å². The first kappa shape index (κ1) is 13.6. The summed E-state index contributed by atoms with van der Waals surface area (Å²) in [6.07, 6.45) is 1.86. The Morgan fingerprint density at radius 3 is 2.90 bits per heavy atom. The zero-order chi connectivity index (χ0) is 14.7. The quantitative estimate of drug-likeness (QED) is 0.712. The van der Waals surface area contributed by atoms with E-state index >= 15 is 0 Å². The molecule has 0 radical (unpaired) electrons. The third-order valence-electron chi connectivity index (χ3n) is 3.26. The van der Waals surface area contributed by atoms with Crippen LogP contribution in [-0.4, -0.2) is 27.9 Å². The fraction of sp³-hybridized carbons (Fsp3) is 0.200. The van der Waals surface area contributed by atoms with Crippen molar-refractivity contribution in [3.8, 4) is 0 Å². The lowest BCUT2D eigenvalue weighted by Gasteiger charge is -2.07. The predicted octanol–water partition coefficient (Wildman–Crippen LogP) is 2.48. The molecule has 0 fully saturated rings. The standard InChI is InChI=1S/C15H16N4OS/c1-19-10-4-6-12(19)15(20)17-9-8-16-14-11-5-2-3-7-13(11)21-18-14/h2-7,10H,8-9H2,1H3,(H,16,18)(H,17,20). The number of benzene rings is 1. The molecule has 0 spiro atoms. The second kappa shape index (κ2) is 5.97. The molecule has 1 amide bonds. The number of nitrogens with one attached hydrogen (secondary N) is 2. The molecule has 0 atom stereocenters. The Morgan fingerprint density at radius 1 is 1.24 bits per heavy atom. The minimum Gasteiger partial charge on any atom is -0.367 e. The largest absolute Gasteiger partial charge is 0.367 e. The molecule has 2 N–H and O–H groups in total. The van der Waals surface area contributed by atoms with E-state index in [9.17, 15) is 4.79 Å². The third-order valence-corrected chi connectivity index (χ3v) is 4.08. The van der Waals surface area contributed by atoms with Crippen LogP contribution in [0.5, 0.6) is 0 Å². The van der Waals surface area contributed by atoms with Crippen LogP contribution in [0.4, 0.5) is 5.82 Å². The van der Waals surface area contributed by atoms with Gasteiger partial charge in [-0.15, -0.1) is 0 Å². The van der Waals surface area contributed by atoms with Gasteiger partial charge in [0.05, 0.1) is 4.70 Å². The molecule has 0 aliphatic rings. The summed E-state index contributed by atoms with van der Waals surface area (Å²) in [6, 6.07) is 11.8. The van der Waals surface area contributed by atoms with Gasteiger partial charge in [-0.1, -0.05) is 12.1 Å². The zero-order valence-electron chi connectivity index (χ0n) is 11.7. The Balaban J connectivity index is 1.53. The summed E-state index contributed by atoms with van der Waals surface area (Å²) in [5.41, 5.74) is 0.661. The van der Waals surface area contributed by atoms with Gasteiger partial charge in [0, 0.05) is 31.7 Å². The molecule has 1 aromatic carbocycles. The van der Waals surface area contributed by atoms with E-state index in [1.165, 1.54) is 11.5 Å². The molecule has 21 heavy (non-hydrogen) atoms. The zero-order valence-corrected chi connectivity index (χ0v) is 12.5. The topological polar surface area (TPSA) is 59.0 Å². The molecule has 5 nitrogen and oxygen atoms in total. The van der Waals surface area contributed by atoms with Gasteiger partial charge < -0.3 is 15.2 Å². The fourth-order valence-corrected chi connectivity index (χ4v) is 2.91. The summed E-state index contributed by atoms with van der Waals surface area (Å²) < 4.78 is 7.35. The molecule has 3 aromatic rings. The normalized spacial score (nSPS) is 10.7. The number of anilines is 1. The summed E-state index contributed by atoms with van der Waals surface area (Å²) in [5.74, 6) is 0.816. The second-order valence-corrected chi connectivity index (χ2v) is 5.52. The number of aromatic nitrogens is 2. The van der Waals surface area contributed by atoms with Crippen molar-refractivity contribution in [3.63, 3.8) is 0 Å². The van der Waals surface area contributed by atoms with E-state index in [2.05, 4.69) is 21.1 Å². The van der Waals surface area contributed by atoms with E-state index in [4.69, 9.17) is 0 Å². The van der Waals surface area contributed by atoms with Gasteiger partial charge >= 0.3 is 0 Å². The van der Waals surface area contributed by atoms with E-state index in [0.29, 0.717) is 18.8 Å². The molecular weight excluding hydrogens is 284 g/mol. The number of hydrogen-bond donors (Lipinski definition) is 2. The fourth-order valence-electron chi connectivity index (χ4n) is 2.16. The monoisotopic (exact) mass is 300 g/mol. The predicted molar refractivity (Wildman–Crippen MR) is 85.9 cm³/mol. The molecule has 0 aliphatic carbocycles. The van der Waals surface area contributed by atoms with Crippen LogP contribution in [0.2, 0.25) is 0 Å². The molecule has 3 rings (SSSR count). The SMILES string of the molecule is Cn1cccc1C(=O)NCCNc1nsc2ccccc12. The Kier molecular flexibility index (Phi) is 3.87. The summed E-state index contributed by atoms with van der Waals surface area (Å²) in [5, 5.41) is 7.27. The Bertz CT molecular complexity index is 762. The summed E-state index contributed by atoms with van der Waals surface area (Å²) >= 11 is 1.48. The highest BCUT2D eigenvalue weighted by molar-refractivity contribution is 7.13. The van der Waals surface area contributed by atoms with E-state index < -0.39 is 0 Å². The molecular formula is C15H16N4OS. The van der Waals surface area contributed by atoms with Gasteiger partial charge in [0.2, 0.25) is 0 Å². The average Bonchev–Trinajstić information content (AvgIpc) is 3.10. The van der Waals surface area contributed by atoms with Crippen molar-refractivity contribution < 1.29 is 4.79 Å². The van der Waals surface area contributed by atoms with E-state index in [1.54, 1.807) is 10.6 Å². The maximum absolute atomic E-state index is 11.9. The van der Waals surface area contributed by atoms with E-state index in [-0.39, 0.29) is 5.91 Å². The number of aryl methyl sites for hydroxylation is 1. The van der Waals surface area contributed by atoms with Crippen LogP contribution in [0.1, 0.15) is 10.5 Å². The van der Waals surface area contributed by atoms with Crippen LogP contribution in [0.3, 0.4) is 0 Å². The third kappa shape index (κ3) is 2.90. The van der Waals surface area contributed by atoms with Crippen molar-refractivity contribution in [1.82, 2.24) is 14.3 Å². The number of rotatable bonds is 5. The number of nitrogens with zero attached hydrogens (tertiary/aromatic N) is 2. The highest BCUT2D eigenvalue weighted by Gasteiger charge is 2.08. The van der Waals surface area contributed by atoms with Crippen molar-refractivity contribution >= 4 is 33.3 Å². The molecule has 0 bridgehead atoms. The van der Waals surface area contributed by atoms with Gasteiger partial charge in [-0.3, -0.25) is 4.79 Å². The van der Waals surface area contributed by atoms with E-state index in [1.807, 2.05) is 37.5 Å². The van der Waals surface area contributed by atoms with Crippen molar-refractivity contribution in [2.75, 3.05) is 18.4 Å². The Labute approximate surface area is 126 Å². The van der Waals surface area contributed by atoms with Crippen LogP contribution in [0.15, 0.2) is 42.6 Å². The molecule has 2 aromatic heterocycles. The first-order chi connectivity index (χ1) is 10.3. The molecule has 0 saturated carbocycles. The average molecular weight is 300 g/mol. The molecule has 6 heteroatoms. The lowest BCUT2D eigenvalue weighted by Crippen LogP contribution is -2.30. The van der Waals surface area contributed by atoms with Crippen LogP contribution >= 0.6 is 11.5 Å². The molecule has 0 saturated heterocycles. The maximum Gasteiger partial charge on any atom is 0.267 e. The maximum atomic E-state index is 11.9. The Morgan fingerprint density at radius 2 is 2.10 bits per heavy atom. The van der Waals surface area contributed by atoms with Crippen molar-refractivity contribution in [2.24, 2.45) is 7.05 Å². The summed E-state index contributed by atoms with van der Waals surface area (Å²) in [6.45, 7) is 1.19. The van der Waals surface area contributed by atoms with Crippen LogP contribution in [-0.2, 0) is 7.05 Å². The first-order valence-electron chi connectivity index (χ1n) is 6.73. The van der Waals surface area contributed by atoms with Gasteiger partial charge in [0.1, 0.15) is 11.5 Å². The van der Waals surface area contributed by atoms with E-state index in [0.717, 1.165) is 15.9 Å². The minimum absolute atomic E-state index is 0.0626. The number of fused-ring (bicyclic) bond motifs is 1. The van der Waals surface area contributed by atoms with Gasteiger partial charge in [0.25, 0.3) is 5.91 Å². The second-order valence-electron chi connectivity index (χ2n) is 4.71. The summed E-state index contributed by atoms with van der Waals surface area (Å²) in [7, 11) is 1.86. The molecule has 0 aliphatic heterocycles. The molecule has 2 heterocycles. The van der Waals surface area contributed by atoms with Crippen LogP contribution < -0.4 is 10.6 Å². The number of carbonyl (C=O) groups is 1. The lowest BCUT2D eigenvalue weighted by molar-refractivity contribution is 0.0947.